The van der Waals surface area contributed by atoms with Crippen LogP contribution in [-0.2, 0) is 4.74 Å². The lowest BCUT2D eigenvalue weighted by molar-refractivity contribution is 0.00805. The van der Waals surface area contributed by atoms with Crippen LogP contribution < -0.4 is 5.73 Å². The van der Waals surface area contributed by atoms with Crippen molar-refractivity contribution in [3.05, 3.63) is 0 Å². The Morgan fingerprint density at radius 2 is 2.00 bits per heavy atom. The molecule has 0 amide bonds. The summed E-state index contributed by atoms with van der Waals surface area (Å²) in [5, 5.41) is 0. The smallest absolute Gasteiger partial charge is 0.0599 e. The Morgan fingerprint density at radius 3 is 2.62 bits per heavy atom. The van der Waals surface area contributed by atoms with E-state index in [4.69, 9.17) is 10.5 Å². The first kappa shape index (κ1) is 12.3. The molecule has 1 heterocycles. The molecule has 2 rings (SSSR count). The van der Waals surface area contributed by atoms with Crippen molar-refractivity contribution in [1.29, 1.82) is 0 Å². The molecule has 0 radical (unpaired) electrons. The van der Waals surface area contributed by atoms with Gasteiger partial charge in [-0.25, -0.2) is 0 Å². The molecule has 1 aliphatic carbocycles. The summed E-state index contributed by atoms with van der Waals surface area (Å²) in [6, 6.07) is 0.555. The highest BCUT2D eigenvalue weighted by Crippen LogP contribution is 2.28. The van der Waals surface area contributed by atoms with Gasteiger partial charge in [-0.2, -0.15) is 0 Å². The monoisotopic (exact) mass is 226 g/mol. The Bertz CT molecular complexity index is 204. The van der Waals surface area contributed by atoms with E-state index in [1.165, 1.54) is 45.2 Å². The van der Waals surface area contributed by atoms with Crippen molar-refractivity contribution < 1.29 is 4.74 Å². The molecule has 3 heteroatoms. The second kappa shape index (κ2) is 5.99. The standard InChI is InChI=1S/C13H26N2O/c1-16-13-6-7-15(12(8-13)9-14)10-11-4-2-3-5-11/h11-13H,2-10,14H2,1H3. The van der Waals surface area contributed by atoms with E-state index in [0.29, 0.717) is 12.1 Å². The largest absolute Gasteiger partial charge is 0.381 e. The lowest BCUT2D eigenvalue weighted by atomic mass is 9.97. The summed E-state index contributed by atoms with van der Waals surface area (Å²) >= 11 is 0. The second-order valence-corrected chi connectivity index (χ2v) is 5.42. The van der Waals surface area contributed by atoms with E-state index >= 15 is 0 Å². The molecule has 1 saturated heterocycles. The van der Waals surface area contributed by atoms with Gasteiger partial charge < -0.3 is 10.5 Å². The molecule has 2 N–H and O–H groups in total. The summed E-state index contributed by atoms with van der Waals surface area (Å²) in [5.41, 5.74) is 5.89. The number of likely N-dealkylation sites (tertiary alicyclic amines) is 1. The van der Waals surface area contributed by atoms with Crippen LogP contribution in [0.15, 0.2) is 0 Å². The summed E-state index contributed by atoms with van der Waals surface area (Å²) in [6.45, 7) is 3.24. The Hall–Kier alpha value is -0.120. The van der Waals surface area contributed by atoms with Gasteiger partial charge in [-0.05, 0) is 31.6 Å². The van der Waals surface area contributed by atoms with Gasteiger partial charge >= 0.3 is 0 Å². The zero-order valence-corrected chi connectivity index (χ0v) is 10.5. The fourth-order valence-corrected chi connectivity index (χ4v) is 3.29. The molecule has 0 aromatic carbocycles. The topological polar surface area (TPSA) is 38.5 Å². The fourth-order valence-electron chi connectivity index (χ4n) is 3.29. The van der Waals surface area contributed by atoms with Crippen LogP contribution in [-0.4, -0.2) is 43.8 Å². The highest BCUT2D eigenvalue weighted by Gasteiger charge is 2.29. The summed E-state index contributed by atoms with van der Waals surface area (Å²) in [7, 11) is 1.82. The van der Waals surface area contributed by atoms with Crippen LogP contribution >= 0.6 is 0 Å². The Morgan fingerprint density at radius 1 is 1.25 bits per heavy atom. The molecule has 3 nitrogen and oxygen atoms in total. The van der Waals surface area contributed by atoms with E-state index in [1.807, 2.05) is 7.11 Å². The van der Waals surface area contributed by atoms with Crippen LogP contribution in [0.5, 0.6) is 0 Å². The molecule has 0 spiro atoms. The molecule has 0 bridgehead atoms. The minimum atomic E-state index is 0.438. The highest BCUT2D eigenvalue weighted by atomic mass is 16.5. The predicted molar refractivity (Wildman–Crippen MR) is 66.4 cm³/mol. The molecular weight excluding hydrogens is 200 g/mol. The Labute approximate surface area is 99.3 Å². The van der Waals surface area contributed by atoms with E-state index in [-0.39, 0.29) is 0 Å². The normalized spacial score (nSPS) is 33.4. The quantitative estimate of drug-likeness (QED) is 0.791. The number of hydrogen-bond acceptors (Lipinski definition) is 3. The molecule has 2 atom stereocenters. The third-order valence-electron chi connectivity index (χ3n) is 4.36. The van der Waals surface area contributed by atoms with Crippen LogP contribution in [0.1, 0.15) is 38.5 Å². The molecular formula is C13H26N2O. The van der Waals surface area contributed by atoms with Gasteiger partial charge in [-0.15, -0.1) is 0 Å². The van der Waals surface area contributed by atoms with Gasteiger partial charge in [-0.1, -0.05) is 12.8 Å². The molecule has 2 fully saturated rings. The first-order valence-electron chi connectivity index (χ1n) is 6.80. The first-order valence-corrected chi connectivity index (χ1v) is 6.80. The number of rotatable bonds is 4. The predicted octanol–water partition coefficient (Wildman–Crippen LogP) is 1.61. The number of hydrogen-bond donors (Lipinski definition) is 1. The lowest BCUT2D eigenvalue weighted by Gasteiger charge is -2.39. The number of ether oxygens (including phenoxy) is 1. The molecule has 1 saturated carbocycles. The summed E-state index contributed by atoms with van der Waals surface area (Å²) < 4.78 is 5.46. The van der Waals surface area contributed by atoms with Crippen molar-refractivity contribution in [2.75, 3.05) is 26.7 Å². The number of piperidine rings is 1. The lowest BCUT2D eigenvalue weighted by Crippen LogP contribution is -2.49. The number of nitrogens with zero attached hydrogens (tertiary/aromatic N) is 1. The molecule has 2 unspecified atom stereocenters. The number of methoxy groups -OCH3 is 1. The van der Waals surface area contributed by atoms with Crippen LogP contribution in [0.2, 0.25) is 0 Å². The first-order chi connectivity index (χ1) is 7.83. The van der Waals surface area contributed by atoms with Crippen molar-refractivity contribution in [1.82, 2.24) is 4.90 Å². The van der Waals surface area contributed by atoms with E-state index in [0.717, 1.165) is 18.9 Å². The van der Waals surface area contributed by atoms with Gasteiger partial charge in [0.2, 0.25) is 0 Å². The summed E-state index contributed by atoms with van der Waals surface area (Å²) in [4.78, 5) is 2.62. The van der Waals surface area contributed by atoms with E-state index in [1.54, 1.807) is 0 Å². The van der Waals surface area contributed by atoms with Gasteiger partial charge in [0.25, 0.3) is 0 Å². The average molecular weight is 226 g/mol. The van der Waals surface area contributed by atoms with Crippen molar-refractivity contribution in [2.24, 2.45) is 11.7 Å². The van der Waals surface area contributed by atoms with Crippen LogP contribution in [0, 0.1) is 5.92 Å². The maximum absolute atomic E-state index is 5.89. The molecule has 1 aliphatic heterocycles. The highest BCUT2D eigenvalue weighted by molar-refractivity contribution is 4.85. The maximum Gasteiger partial charge on any atom is 0.0599 e. The fraction of sp³-hybridized carbons (Fsp3) is 1.00. The SMILES string of the molecule is COC1CCN(CC2CCCC2)C(CN)C1. The minimum absolute atomic E-state index is 0.438. The van der Waals surface area contributed by atoms with Crippen molar-refractivity contribution in [2.45, 2.75) is 50.7 Å². The number of nitrogens with two attached hydrogens (primary N) is 1. The van der Waals surface area contributed by atoms with E-state index in [2.05, 4.69) is 4.90 Å². The van der Waals surface area contributed by atoms with Crippen molar-refractivity contribution >= 4 is 0 Å². The van der Waals surface area contributed by atoms with Crippen LogP contribution in [0.25, 0.3) is 0 Å². The zero-order valence-electron chi connectivity index (χ0n) is 10.5. The van der Waals surface area contributed by atoms with Gasteiger partial charge in [-0.3, -0.25) is 4.90 Å². The summed E-state index contributed by atoms with van der Waals surface area (Å²) in [5.74, 6) is 0.938. The van der Waals surface area contributed by atoms with Crippen LogP contribution in [0.3, 0.4) is 0 Å². The molecule has 0 aromatic heterocycles. The van der Waals surface area contributed by atoms with Crippen molar-refractivity contribution in [3.63, 3.8) is 0 Å². The third kappa shape index (κ3) is 2.96. The molecule has 94 valence electrons. The molecule has 16 heavy (non-hydrogen) atoms. The van der Waals surface area contributed by atoms with Gasteiger partial charge in [0.05, 0.1) is 6.10 Å². The van der Waals surface area contributed by atoms with Gasteiger partial charge in [0.15, 0.2) is 0 Å². The minimum Gasteiger partial charge on any atom is -0.381 e. The zero-order chi connectivity index (χ0) is 11.4. The van der Waals surface area contributed by atoms with E-state index < -0.39 is 0 Å². The van der Waals surface area contributed by atoms with Gasteiger partial charge in [0.1, 0.15) is 0 Å². The Kier molecular flexibility index (Phi) is 4.62. The average Bonchev–Trinajstić information content (AvgIpc) is 2.82. The second-order valence-electron chi connectivity index (χ2n) is 5.42. The Balaban J connectivity index is 1.83. The summed E-state index contributed by atoms with van der Waals surface area (Å²) in [6.07, 6.45) is 8.48. The van der Waals surface area contributed by atoms with Crippen molar-refractivity contribution in [3.8, 4) is 0 Å². The van der Waals surface area contributed by atoms with Gasteiger partial charge in [0, 0.05) is 32.8 Å². The maximum atomic E-state index is 5.89. The molecule has 2 aliphatic rings. The van der Waals surface area contributed by atoms with E-state index in [9.17, 15) is 0 Å². The van der Waals surface area contributed by atoms with Crippen LogP contribution in [0.4, 0.5) is 0 Å². The molecule has 0 aromatic rings. The third-order valence-corrected chi connectivity index (χ3v) is 4.36.